The fraction of sp³-hybridized carbons (Fsp3) is 0.167. The van der Waals surface area contributed by atoms with E-state index in [1.807, 2.05) is 35.0 Å². The van der Waals surface area contributed by atoms with Crippen molar-refractivity contribution in [2.75, 3.05) is 19.0 Å². The monoisotopic (exact) mass is 359 g/mol. The van der Waals surface area contributed by atoms with Gasteiger partial charge in [0.1, 0.15) is 17.3 Å². The number of nitrogens with one attached hydrogen (secondary N) is 1. The van der Waals surface area contributed by atoms with Crippen LogP contribution in [0, 0.1) is 0 Å². The highest BCUT2D eigenvalue weighted by atomic mass is 35.5. The summed E-state index contributed by atoms with van der Waals surface area (Å²) in [7, 11) is 1.66. The predicted molar refractivity (Wildman–Crippen MR) is 97.8 cm³/mol. The number of hydrogen-bond acceptors (Lipinski definition) is 3. The second-order valence-corrected chi connectivity index (χ2v) is 6.40. The molecule has 1 aliphatic rings. The average molecular weight is 360 g/mol. The van der Waals surface area contributed by atoms with Crippen LogP contribution in [0.5, 0.6) is 5.75 Å². The lowest BCUT2D eigenvalue weighted by Crippen LogP contribution is -2.05. The van der Waals surface area contributed by atoms with Gasteiger partial charge in [-0.3, -0.25) is 0 Å². The van der Waals surface area contributed by atoms with E-state index in [4.69, 9.17) is 33.0 Å². The highest BCUT2D eigenvalue weighted by Gasteiger charge is 2.26. The van der Waals surface area contributed by atoms with Gasteiger partial charge in [-0.25, -0.2) is 4.68 Å². The number of methoxy groups -OCH3 is 1. The molecule has 2 aromatic carbocycles. The van der Waals surface area contributed by atoms with E-state index >= 15 is 0 Å². The number of fused-ring (bicyclic) bond motifs is 1. The van der Waals surface area contributed by atoms with Crippen LogP contribution in [-0.2, 0) is 6.42 Å². The maximum atomic E-state index is 6.39. The lowest BCUT2D eigenvalue weighted by molar-refractivity contribution is 0.412. The van der Waals surface area contributed by atoms with Crippen molar-refractivity contribution in [2.45, 2.75) is 6.42 Å². The molecule has 0 fully saturated rings. The summed E-state index contributed by atoms with van der Waals surface area (Å²) in [5.41, 5.74) is 3.73. The summed E-state index contributed by atoms with van der Waals surface area (Å²) in [5, 5.41) is 9.50. The molecule has 4 rings (SSSR count). The lowest BCUT2D eigenvalue weighted by Gasteiger charge is -2.10. The highest BCUT2D eigenvalue weighted by molar-refractivity contribution is 6.35. The van der Waals surface area contributed by atoms with Gasteiger partial charge in [0.25, 0.3) is 0 Å². The molecule has 0 atom stereocenters. The molecule has 0 bridgehead atoms. The number of ether oxygens (including phenoxy) is 1. The molecule has 0 saturated carbocycles. The molecular weight excluding hydrogens is 345 g/mol. The zero-order valence-corrected chi connectivity index (χ0v) is 14.5. The first-order valence-electron chi connectivity index (χ1n) is 7.63. The van der Waals surface area contributed by atoms with Crippen molar-refractivity contribution in [3.05, 3.63) is 58.1 Å². The zero-order chi connectivity index (χ0) is 16.7. The van der Waals surface area contributed by atoms with Crippen molar-refractivity contribution in [3.63, 3.8) is 0 Å². The van der Waals surface area contributed by atoms with E-state index in [-0.39, 0.29) is 0 Å². The molecule has 4 nitrogen and oxygen atoms in total. The Balaban J connectivity index is 1.94. The van der Waals surface area contributed by atoms with Crippen LogP contribution in [0.25, 0.3) is 16.9 Å². The van der Waals surface area contributed by atoms with Crippen molar-refractivity contribution in [3.8, 4) is 22.7 Å². The highest BCUT2D eigenvalue weighted by Crippen LogP contribution is 2.39. The summed E-state index contributed by atoms with van der Waals surface area (Å²) < 4.78 is 7.36. The average Bonchev–Trinajstić information content (AvgIpc) is 3.19. The number of nitrogens with zero attached hydrogens (tertiary/aromatic N) is 2. The Hall–Kier alpha value is -2.17. The second kappa shape index (κ2) is 6.04. The molecule has 2 heterocycles. The maximum absolute atomic E-state index is 6.39. The molecule has 6 heteroatoms. The minimum Gasteiger partial charge on any atom is -0.494 e. The molecule has 1 aliphatic heterocycles. The van der Waals surface area contributed by atoms with E-state index < -0.39 is 0 Å². The van der Waals surface area contributed by atoms with Gasteiger partial charge in [0, 0.05) is 22.7 Å². The van der Waals surface area contributed by atoms with Crippen LogP contribution in [0.15, 0.2) is 42.5 Å². The molecule has 0 unspecified atom stereocenters. The second-order valence-electron chi connectivity index (χ2n) is 5.56. The molecule has 0 spiro atoms. The minimum atomic E-state index is 0.638. The van der Waals surface area contributed by atoms with E-state index in [2.05, 4.69) is 5.32 Å². The summed E-state index contributed by atoms with van der Waals surface area (Å²) in [6.07, 6.45) is 0.892. The van der Waals surface area contributed by atoms with Gasteiger partial charge in [-0.2, -0.15) is 5.10 Å². The smallest absolute Gasteiger partial charge is 0.144 e. The number of hydrogen-bond donors (Lipinski definition) is 1. The molecule has 0 radical (unpaired) electrons. The molecule has 0 amide bonds. The Labute approximate surface area is 150 Å². The van der Waals surface area contributed by atoms with Gasteiger partial charge in [-0.1, -0.05) is 35.3 Å². The summed E-state index contributed by atoms with van der Waals surface area (Å²) in [6, 6.07) is 13.2. The van der Waals surface area contributed by atoms with Crippen LogP contribution in [0.2, 0.25) is 10.0 Å². The van der Waals surface area contributed by atoms with E-state index in [1.54, 1.807) is 19.2 Å². The standard InChI is InChI=1S/C18H15Cl2N3O/c1-24-16-5-3-2-4-15(16)23-18-12(8-9-21-18)17(22-23)13-10-11(19)6-7-14(13)20/h2-7,10,21H,8-9H2,1H3. The number of anilines is 1. The molecule has 24 heavy (non-hydrogen) atoms. The van der Waals surface area contributed by atoms with Crippen molar-refractivity contribution in [2.24, 2.45) is 0 Å². The third-order valence-corrected chi connectivity index (χ3v) is 4.71. The number of aromatic nitrogens is 2. The molecular formula is C18H15Cl2N3O. The molecule has 0 aliphatic carbocycles. The number of benzene rings is 2. The van der Waals surface area contributed by atoms with Crippen LogP contribution in [0.4, 0.5) is 5.82 Å². The maximum Gasteiger partial charge on any atom is 0.144 e. The van der Waals surface area contributed by atoms with E-state index in [9.17, 15) is 0 Å². The Kier molecular flexibility index (Phi) is 3.87. The summed E-state index contributed by atoms with van der Waals surface area (Å²) in [6.45, 7) is 0.869. The fourth-order valence-corrected chi connectivity index (χ4v) is 3.43. The SMILES string of the molecule is COc1ccccc1-n1nc(-c2cc(Cl)ccc2Cl)c2c1NCC2. The third kappa shape index (κ3) is 2.43. The van der Waals surface area contributed by atoms with Gasteiger partial charge in [0.15, 0.2) is 0 Å². The van der Waals surface area contributed by atoms with Gasteiger partial charge in [0.2, 0.25) is 0 Å². The zero-order valence-electron chi connectivity index (χ0n) is 13.0. The third-order valence-electron chi connectivity index (χ3n) is 4.15. The van der Waals surface area contributed by atoms with Gasteiger partial charge < -0.3 is 10.1 Å². The predicted octanol–water partition coefficient (Wildman–Crippen LogP) is 4.82. The minimum absolute atomic E-state index is 0.638. The van der Waals surface area contributed by atoms with Crippen LogP contribution in [0.3, 0.4) is 0 Å². The van der Waals surface area contributed by atoms with Crippen LogP contribution in [0.1, 0.15) is 5.56 Å². The first-order valence-corrected chi connectivity index (χ1v) is 8.39. The van der Waals surface area contributed by atoms with Crippen molar-refractivity contribution in [1.29, 1.82) is 0 Å². The first-order chi connectivity index (χ1) is 11.7. The molecule has 3 aromatic rings. The van der Waals surface area contributed by atoms with Crippen LogP contribution in [-0.4, -0.2) is 23.4 Å². The summed E-state index contributed by atoms with van der Waals surface area (Å²) >= 11 is 12.6. The number of para-hydroxylation sites is 2. The van der Waals surface area contributed by atoms with Crippen molar-refractivity contribution in [1.82, 2.24) is 9.78 Å². The van der Waals surface area contributed by atoms with Gasteiger partial charge in [0.05, 0.1) is 17.8 Å². The largest absolute Gasteiger partial charge is 0.494 e. The van der Waals surface area contributed by atoms with Crippen LogP contribution < -0.4 is 10.1 Å². The van der Waals surface area contributed by atoms with Crippen LogP contribution >= 0.6 is 23.2 Å². The molecule has 122 valence electrons. The lowest BCUT2D eigenvalue weighted by atomic mass is 10.1. The fourth-order valence-electron chi connectivity index (χ4n) is 3.05. The Morgan fingerprint density at radius 3 is 2.83 bits per heavy atom. The Morgan fingerprint density at radius 1 is 1.17 bits per heavy atom. The number of halogens is 2. The van der Waals surface area contributed by atoms with Gasteiger partial charge in [-0.05, 0) is 36.8 Å². The summed E-state index contributed by atoms with van der Waals surface area (Å²) in [5.74, 6) is 1.74. The molecule has 1 aromatic heterocycles. The number of rotatable bonds is 3. The van der Waals surface area contributed by atoms with Gasteiger partial charge >= 0.3 is 0 Å². The Morgan fingerprint density at radius 2 is 2.00 bits per heavy atom. The Bertz CT molecular complexity index is 921. The summed E-state index contributed by atoms with van der Waals surface area (Å²) in [4.78, 5) is 0. The van der Waals surface area contributed by atoms with E-state index in [0.717, 1.165) is 47.0 Å². The van der Waals surface area contributed by atoms with E-state index in [0.29, 0.717) is 10.0 Å². The van der Waals surface area contributed by atoms with Crippen molar-refractivity contribution >= 4 is 29.0 Å². The topological polar surface area (TPSA) is 39.1 Å². The first kappa shape index (κ1) is 15.4. The quantitative estimate of drug-likeness (QED) is 0.728. The van der Waals surface area contributed by atoms with Crippen molar-refractivity contribution < 1.29 is 4.74 Å². The molecule has 0 saturated heterocycles. The van der Waals surface area contributed by atoms with E-state index in [1.165, 1.54) is 0 Å². The van der Waals surface area contributed by atoms with Gasteiger partial charge in [-0.15, -0.1) is 0 Å². The molecule has 1 N–H and O–H groups in total. The normalized spacial score (nSPS) is 12.8.